The van der Waals surface area contributed by atoms with E-state index in [1.807, 2.05) is 24.3 Å². The van der Waals surface area contributed by atoms with Gasteiger partial charge in [0.1, 0.15) is 10.2 Å². The maximum Gasteiger partial charge on any atom is 0.357 e. The molecule has 0 N–H and O–H groups in total. The number of hydrogen-bond donors (Lipinski definition) is 0. The van der Waals surface area contributed by atoms with Crippen molar-refractivity contribution in [1.82, 2.24) is 9.97 Å². The van der Waals surface area contributed by atoms with E-state index in [1.54, 1.807) is 6.20 Å². The Bertz CT molecular complexity index is 918. The third kappa shape index (κ3) is 2.50. The van der Waals surface area contributed by atoms with Gasteiger partial charge >= 0.3 is 5.97 Å². The van der Waals surface area contributed by atoms with E-state index < -0.39 is 5.97 Å². The summed E-state index contributed by atoms with van der Waals surface area (Å²) in [6.07, 6.45) is 3.84. The van der Waals surface area contributed by atoms with Gasteiger partial charge in [-0.3, -0.25) is 0 Å². The zero-order valence-corrected chi connectivity index (χ0v) is 13.9. The van der Waals surface area contributed by atoms with Crippen LogP contribution in [0.4, 0.5) is 0 Å². The lowest BCUT2D eigenvalue weighted by Gasteiger charge is -2.08. The van der Waals surface area contributed by atoms with Crippen LogP contribution in [0.5, 0.6) is 0 Å². The van der Waals surface area contributed by atoms with Gasteiger partial charge in [-0.2, -0.15) is 0 Å². The van der Waals surface area contributed by atoms with Gasteiger partial charge in [-0.05, 0) is 18.9 Å². The molecule has 1 aromatic carbocycles. The number of fused-ring (bicyclic) bond motifs is 1. The molecule has 0 atom stereocenters. The number of methoxy groups -OCH3 is 1. The van der Waals surface area contributed by atoms with E-state index in [1.165, 1.54) is 18.4 Å². The van der Waals surface area contributed by atoms with Gasteiger partial charge in [-0.25, -0.2) is 14.8 Å². The molecule has 2 aromatic heterocycles. The van der Waals surface area contributed by atoms with Crippen molar-refractivity contribution in [1.29, 1.82) is 0 Å². The van der Waals surface area contributed by atoms with Crippen LogP contribution in [-0.2, 0) is 4.74 Å². The molecule has 1 aliphatic carbocycles. The predicted molar refractivity (Wildman–Crippen MR) is 91.2 cm³/mol. The van der Waals surface area contributed by atoms with Crippen molar-refractivity contribution in [2.24, 2.45) is 0 Å². The Morgan fingerprint density at radius 1 is 1.35 bits per heavy atom. The molecule has 1 fully saturated rings. The largest absolute Gasteiger partial charge is 0.464 e. The summed E-state index contributed by atoms with van der Waals surface area (Å²) in [5, 5.41) is 0.996. The fourth-order valence-electron chi connectivity index (χ4n) is 2.64. The molecule has 4 nitrogen and oxygen atoms in total. The standard InChI is InChI=1S/C17H13ClN2O2S/c1-22-17(21)14-11(8-19-16(20-14)9-6-7-9)13-10-4-2-3-5-12(10)23-15(13)18/h2-5,8-9H,6-7H2,1H3. The number of aromatic nitrogens is 2. The van der Waals surface area contributed by atoms with Crippen molar-refractivity contribution in [3.63, 3.8) is 0 Å². The Hall–Kier alpha value is -1.98. The number of rotatable bonds is 3. The van der Waals surface area contributed by atoms with E-state index in [9.17, 15) is 4.79 Å². The Kier molecular flexibility index (Phi) is 3.54. The third-order valence-electron chi connectivity index (χ3n) is 3.95. The molecule has 6 heteroatoms. The number of nitrogens with zero attached hydrogens (tertiary/aromatic N) is 2. The summed E-state index contributed by atoms with van der Waals surface area (Å²) in [6.45, 7) is 0. The van der Waals surface area contributed by atoms with Crippen LogP contribution in [0.1, 0.15) is 35.1 Å². The Balaban J connectivity index is 1.96. The highest BCUT2D eigenvalue weighted by Gasteiger charge is 2.29. The first-order valence-electron chi connectivity index (χ1n) is 7.31. The fourth-order valence-corrected chi connectivity index (χ4v) is 4.03. The molecule has 0 radical (unpaired) electrons. The second-order valence-corrected chi connectivity index (χ2v) is 7.16. The highest BCUT2D eigenvalue weighted by molar-refractivity contribution is 7.23. The Labute approximate surface area is 142 Å². The molecule has 0 bridgehead atoms. The molecule has 0 spiro atoms. The van der Waals surface area contributed by atoms with E-state index in [-0.39, 0.29) is 5.69 Å². The Morgan fingerprint density at radius 3 is 2.87 bits per heavy atom. The van der Waals surface area contributed by atoms with Crippen LogP contribution in [0.3, 0.4) is 0 Å². The van der Waals surface area contributed by atoms with Gasteiger partial charge in [0, 0.05) is 33.3 Å². The average Bonchev–Trinajstić information content (AvgIpc) is 3.36. The number of halogens is 1. The summed E-state index contributed by atoms with van der Waals surface area (Å²) in [5.74, 6) is 0.614. The zero-order valence-electron chi connectivity index (χ0n) is 12.4. The maximum atomic E-state index is 12.2. The fraction of sp³-hybridized carbons (Fsp3) is 0.235. The first-order valence-corrected chi connectivity index (χ1v) is 8.51. The van der Waals surface area contributed by atoms with E-state index in [0.717, 1.165) is 28.5 Å². The van der Waals surface area contributed by atoms with Crippen molar-refractivity contribution >= 4 is 39.0 Å². The van der Waals surface area contributed by atoms with Crippen molar-refractivity contribution in [3.8, 4) is 11.1 Å². The highest BCUT2D eigenvalue weighted by atomic mass is 35.5. The van der Waals surface area contributed by atoms with Gasteiger partial charge in [0.25, 0.3) is 0 Å². The SMILES string of the molecule is COC(=O)c1nc(C2CC2)ncc1-c1c(Cl)sc2ccccc12. The van der Waals surface area contributed by atoms with Gasteiger partial charge in [-0.1, -0.05) is 29.8 Å². The van der Waals surface area contributed by atoms with Gasteiger partial charge < -0.3 is 4.74 Å². The summed E-state index contributed by atoms with van der Waals surface area (Å²) >= 11 is 7.93. The predicted octanol–water partition coefficient (Wildman–Crippen LogP) is 4.68. The van der Waals surface area contributed by atoms with Gasteiger partial charge in [0.2, 0.25) is 0 Å². The maximum absolute atomic E-state index is 12.2. The first kappa shape index (κ1) is 14.6. The number of benzene rings is 1. The number of ether oxygens (including phenoxy) is 1. The van der Waals surface area contributed by atoms with Crippen LogP contribution in [0.25, 0.3) is 21.2 Å². The van der Waals surface area contributed by atoms with Crippen molar-refractivity contribution in [2.75, 3.05) is 7.11 Å². The molecular weight excluding hydrogens is 332 g/mol. The van der Waals surface area contributed by atoms with Crippen LogP contribution >= 0.6 is 22.9 Å². The van der Waals surface area contributed by atoms with Crippen LogP contribution < -0.4 is 0 Å². The van der Waals surface area contributed by atoms with E-state index >= 15 is 0 Å². The van der Waals surface area contributed by atoms with Gasteiger partial charge in [0.05, 0.1) is 7.11 Å². The molecule has 116 valence electrons. The van der Waals surface area contributed by atoms with Crippen molar-refractivity contribution < 1.29 is 9.53 Å². The summed E-state index contributed by atoms with van der Waals surface area (Å²) in [4.78, 5) is 21.1. The van der Waals surface area contributed by atoms with E-state index in [2.05, 4.69) is 9.97 Å². The minimum Gasteiger partial charge on any atom is -0.464 e. The highest BCUT2D eigenvalue weighted by Crippen LogP contribution is 2.44. The molecule has 1 saturated carbocycles. The van der Waals surface area contributed by atoms with Gasteiger partial charge in [0.15, 0.2) is 5.69 Å². The average molecular weight is 345 g/mol. The van der Waals surface area contributed by atoms with Crippen molar-refractivity contribution in [2.45, 2.75) is 18.8 Å². The quantitative estimate of drug-likeness (QED) is 0.647. The van der Waals surface area contributed by atoms with E-state index in [4.69, 9.17) is 16.3 Å². The minimum atomic E-state index is -0.462. The number of esters is 1. The number of carbonyl (C=O) groups excluding carboxylic acids is 1. The topological polar surface area (TPSA) is 52.1 Å². The molecule has 4 rings (SSSR count). The second-order valence-electron chi connectivity index (χ2n) is 5.50. The van der Waals surface area contributed by atoms with Crippen LogP contribution in [0.15, 0.2) is 30.5 Å². The lowest BCUT2D eigenvalue weighted by molar-refractivity contribution is 0.0594. The second kappa shape index (κ2) is 5.58. The molecule has 2 heterocycles. The molecule has 1 aliphatic rings. The van der Waals surface area contributed by atoms with Crippen molar-refractivity contribution in [3.05, 3.63) is 46.3 Å². The number of carbonyl (C=O) groups is 1. The molecule has 23 heavy (non-hydrogen) atoms. The smallest absolute Gasteiger partial charge is 0.357 e. The summed E-state index contributed by atoms with van der Waals surface area (Å²) in [5.41, 5.74) is 1.72. The molecule has 3 aromatic rings. The number of hydrogen-bond acceptors (Lipinski definition) is 5. The molecule has 0 amide bonds. The monoisotopic (exact) mass is 344 g/mol. The zero-order chi connectivity index (χ0) is 16.0. The lowest BCUT2D eigenvalue weighted by atomic mass is 10.0. The first-order chi connectivity index (χ1) is 11.2. The molecule has 0 aliphatic heterocycles. The molecule has 0 saturated heterocycles. The van der Waals surface area contributed by atoms with E-state index in [0.29, 0.717) is 21.6 Å². The van der Waals surface area contributed by atoms with Crippen LogP contribution in [0.2, 0.25) is 4.34 Å². The van der Waals surface area contributed by atoms with Crippen LogP contribution in [-0.4, -0.2) is 23.0 Å². The summed E-state index contributed by atoms with van der Waals surface area (Å²) in [7, 11) is 1.36. The van der Waals surface area contributed by atoms with Gasteiger partial charge in [-0.15, -0.1) is 11.3 Å². The third-order valence-corrected chi connectivity index (χ3v) is 5.33. The van der Waals surface area contributed by atoms with Crippen LogP contribution in [0, 0.1) is 0 Å². The molecule has 0 unspecified atom stereocenters. The number of thiophene rings is 1. The summed E-state index contributed by atoms with van der Waals surface area (Å²) < 4.78 is 6.60. The molecular formula is C17H13ClN2O2S. The minimum absolute atomic E-state index is 0.287. The lowest BCUT2D eigenvalue weighted by Crippen LogP contribution is -2.09. The Morgan fingerprint density at radius 2 is 2.13 bits per heavy atom. The summed E-state index contributed by atoms with van der Waals surface area (Å²) in [6, 6.07) is 7.91. The normalized spacial score (nSPS) is 14.2.